The van der Waals surface area contributed by atoms with Crippen LogP contribution in [0.3, 0.4) is 0 Å². The van der Waals surface area contributed by atoms with Crippen molar-refractivity contribution in [3.8, 4) is 0 Å². The zero-order valence-electron chi connectivity index (χ0n) is 19.7. The molecule has 1 unspecified atom stereocenters. The summed E-state index contributed by atoms with van der Waals surface area (Å²) in [6.07, 6.45) is 1.13. The summed E-state index contributed by atoms with van der Waals surface area (Å²) in [5.41, 5.74) is 0. The number of aliphatic imine (C=N–C) groups is 1. The minimum absolute atomic E-state index is 0. The molecule has 28 heavy (non-hydrogen) atoms. The molecule has 0 radical (unpaired) electrons. The molecule has 0 aromatic heterocycles. The lowest BCUT2D eigenvalue weighted by Crippen LogP contribution is -2.55. The van der Waals surface area contributed by atoms with Gasteiger partial charge < -0.3 is 15.5 Å². The lowest BCUT2D eigenvalue weighted by Gasteiger charge is -2.40. The Bertz CT molecular complexity index is 411. The van der Waals surface area contributed by atoms with Gasteiger partial charge in [0.05, 0.1) is 0 Å². The quantitative estimate of drug-likeness (QED) is 0.205. The molecule has 2 N–H and O–H groups in total. The van der Waals surface area contributed by atoms with Crippen LogP contribution < -0.4 is 10.6 Å². The molecule has 0 aromatic carbocycles. The van der Waals surface area contributed by atoms with E-state index >= 15 is 0 Å². The number of nitrogens with one attached hydrogen (secondary N) is 2. The third kappa shape index (κ3) is 10.1. The number of halogens is 1. The van der Waals surface area contributed by atoms with Crippen LogP contribution in [0.2, 0.25) is 0 Å². The molecule has 1 rings (SSSR count). The van der Waals surface area contributed by atoms with E-state index in [2.05, 4.69) is 78.9 Å². The number of hydrogen-bond acceptors (Lipinski definition) is 4. The molecule has 1 aliphatic heterocycles. The number of hydrogen-bond donors (Lipinski definition) is 2. The van der Waals surface area contributed by atoms with E-state index < -0.39 is 0 Å². The maximum Gasteiger partial charge on any atom is 0.191 e. The van der Waals surface area contributed by atoms with Crippen molar-refractivity contribution >= 4 is 29.9 Å². The van der Waals surface area contributed by atoms with Crippen molar-refractivity contribution in [3.05, 3.63) is 0 Å². The van der Waals surface area contributed by atoms with Crippen LogP contribution in [0.25, 0.3) is 0 Å². The zero-order chi connectivity index (χ0) is 20.4. The van der Waals surface area contributed by atoms with Gasteiger partial charge in [-0.05, 0) is 47.1 Å². The van der Waals surface area contributed by atoms with E-state index in [1.165, 1.54) is 13.1 Å². The van der Waals surface area contributed by atoms with Crippen LogP contribution in [0.5, 0.6) is 0 Å². The first-order valence-electron chi connectivity index (χ1n) is 10.9. The van der Waals surface area contributed by atoms with Crippen molar-refractivity contribution < 1.29 is 0 Å². The minimum Gasteiger partial charge on any atom is -0.356 e. The fraction of sp³-hybridized carbons (Fsp3) is 0.952. The second-order valence-corrected chi connectivity index (χ2v) is 8.81. The van der Waals surface area contributed by atoms with Crippen LogP contribution in [-0.4, -0.2) is 98.7 Å². The summed E-state index contributed by atoms with van der Waals surface area (Å²) in [4.78, 5) is 12.0. The van der Waals surface area contributed by atoms with Crippen molar-refractivity contribution in [2.45, 2.75) is 66.1 Å². The van der Waals surface area contributed by atoms with E-state index in [0.717, 1.165) is 45.1 Å². The van der Waals surface area contributed by atoms with E-state index in [0.29, 0.717) is 24.0 Å². The second-order valence-electron chi connectivity index (χ2n) is 8.81. The molecule has 168 valence electrons. The van der Waals surface area contributed by atoms with Crippen molar-refractivity contribution in [1.82, 2.24) is 25.3 Å². The highest BCUT2D eigenvalue weighted by molar-refractivity contribution is 14.0. The van der Waals surface area contributed by atoms with Gasteiger partial charge in [0, 0.05) is 71.0 Å². The highest BCUT2D eigenvalue weighted by atomic mass is 127. The highest BCUT2D eigenvalue weighted by Crippen LogP contribution is 2.12. The Balaban J connectivity index is 0.00000729. The van der Waals surface area contributed by atoms with Gasteiger partial charge in [-0.25, -0.2) is 0 Å². The number of nitrogens with zero attached hydrogens (tertiary/aromatic N) is 4. The molecule has 0 spiro atoms. The lowest BCUT2D eigenvalue weighted by molar-refractivity contribution is 0.0900. The molecule has 1 fully saturated rings. The molecule has 0 saturated carbocycles. The number of likely N-dealkylation sites (N-methyl/N-ethyl adjacent to an activating group) is 1. The van der Waals surface area contributed by atoms with Gasteiger partial charge in [0.1, 0.15) is 0 Å². The lowest BCUT2D eigenvalue weighted by atomic mass is 10.0. The molecular weight excluding hydrogens is 463 g/mol. The average molecular weight is 511 g/mol. The number of guanidine groups is 1. The van der Waals surface area contributed by atoms with Gasteiger partial charge in [-0.15, -0.1) is 24.0 Å². The highest BCUT2D eigenvalue weighted by Gasteiger charge is 2.25. The summed E-state index contributed by atoms with van der Waals surface area (Å²) < 4.78 is 0. The zero-order valence-corrected chi connectivity index (χ0v) is 22.0. The summed E-state index contributed by atoms with van der Waals surface area (Å²) in [5, 5.41) is 7.06. The van der Waals surface area contributed by atoms with E-state index in [4.69, 9.17) is 0 Å². The van der Waals surface area contributed by atoms with Gasteiger partial charge >= 0.3 is 0 Å². The standard InChI is InChI=1S/C21H46N6.HI/c1-17(2)20(26-14-12-25(8)13-15-26)16-24-21(22-7)23-10-9-11-27(18(3)4)19(5)6;/h17-20H,9-16H2,1-8H3,(H2,22,23,24);1H. The Kier molecular flexibility index (Phi) is 14.7. The molecule has 1 saturated heterocycles. The maximum absolute atomic E-state index is 4.42. The molecule has 1 heterocycles. The Morgan fingerprint density at radius 2 is 1.54 bits per heavy atom. The molecule has 0 bridgehead atoms. The van der Waals surface area contributed by atoms with Crippen LogP contribution in [0.4, 0.5) is 0 Å². The SMILES string of the molecule is CN=C(NCCCN(C(C)C)C(C)C)NCC(C(C)C)N1CCN(C)CC1.I. The minimum atomic E-state index is 0. The van der Waals surface area contributed by atoms with E-state index in [9.17, 15) is 0 Å². The third-order valence-electron chi connectivity index (χ3n) is 5.69. The largest absolute Gasteiger partial charge is 0.356 e. The average Bonchev–Trinajstić information content (AvgIpc) is 2.60. The van der Waals surface area contributed by atoms with Crippen LogP contribution in [0.15, 0.2) is 4.99 Å². The molecule has 1 atom stereocenters. The summed E-state index contributed by atoms with van der Waals surface area (Å²) in [6.45, 7) is 21.4. The number of piperazine rings is 1. The van der Waals surface area contributed by atoms with Crippen LogP contribution in [-0.2, 0) is 0 Å². The molecule has 0 aromatic rings. The maximum atomic E-state index is 4.42. The summed E-state index contributed by atoms with van der Waals surface area (Å²) in [5.74, 6) is 1.56. The summed E-state index contributed by atoms with van der Waals surface area (Å²) in [7, 11) is 4.08. The summed E-state index contributed by atoms with van der Waals surface area (Å²) in [6, 6.07) is 1.74. The van der Waals surface area contributed by atoms with Crippen LogP contribution >= 0.6 is 24.0 Å². The fourth-order valence-electron chi connectivity index (χ4n) is 3.94. The Hall–Kier alpha value is -0.120. The monoisotopic (exact) mass is 510 g/mol. The van der Waals surface area contributed by atoms with Crippen molar-refractivity contribution in [2.24, 2.45) is 10.9 Å². The topological polar surface area (TPSA) is 46.1 Å². The molecule has 7 heteroatoms. The predicted molar refractivity (Wildman–Crippen MR) is 134 cm³/mol. The predicted octanol–water partition coefficient (Wildman–Crippen LogP) is 2.55. The van der Waals surface area contributed by atoms with Crippen molar-refractivity contribution in [3.63, 3.8) is 0 Å². The molecule has 0 amide bonds. The fourth-order valence-corrected chi connectivity index (χ4v) is 3.94. The Morgan fingerprint density at radius 3 is 2.00 bits per heavy atom. The number of rotatable bonds is 10. The van der Waals surface area contributed by atoms with E-state index in [1.807, 2.05) is 7.05 Å². The summed E-state index contributed by atoms with van der Waals surface area (Å²) >= 11 is 0. The third-order valence-corrected chi connectivity index (χ3v) is 5.69. The van der Waals surface area contributed by atoms with Crippen molar-refractivity contribution in [1.29, 1.82) is 0 Å². The van der Waals surface area contributed by atoms with Gasteiger partial charge in [-0.1, -0.05) is 13.8 Å². The van der Waals surface area contributed by atoms with Gasteiger partial charge in [0.25, 0.3) is 0 Å². The first-order chi connectivity index (χ1) is 12.8. The first kappa shape index (κ1) is 27.9. The molecule has 0 aliphatic carbocycles. The van der Waals surface area contributed by atoms with Crippen molar-refractivity contribution in [2.75, 3.05) is 59.9 Å². The van der Waals surface area contributed by atoms with E-state index in [-0.39, 0.29) is 24.0 Å². The molecular formula is C21H47IN6. The van der Waals surface area contributed by atoms with E-state index in [1.54, 1.807) is 0 Å². The van der Waals surface area contributed by atoms with Gasteiger partial charge in [0.2, 0.25) is 0 Å². The van der Waals surface area contributed by atoms with Crippen LogP contribution in [0.1, 0.15) is 48.0 Å². The second kappa shape index (κ2) is 14.8. The van der Waals surface area contributed by atoms with Crippen LogP contribution in [0, 0.1) is 5.92 Å². The molecule has 1 aliphatic rings. The molecule has 6 nitrogen and oxygen atoms in total. The smallest absolute Gasteiger partial charge is 0.191 e. The van der Waals surface area contributed by atoms with Gasteiger partial charge in [-0.2, -0.15) is 0 Å². The normalized spacial score (nSPS) is 18.1. The van der Waals surface area contributed by atoms with Gasteiger partial charge in [-0.3, -0.25) is 14.8 Å². The van der Waals surface area contributed by atoms with Gasteiger partial charge in [0.15, 0.2) is 5.96 Å². The Morgan fingerprint density at radius 1 is 0.964 bits per heavy atom. The Labute approximate surface area is 191 Å². The first-order valence-corrected chi connectivity index (χ1v) is 10.9.